The van der Waals surface area contributed by atoms with Crippen molar-refractivity contribution in [2.24, 2.45) is 5.73 Å². The van der Waals surface area contributed by atoms with Gasteiger partial charge in [0.25, 0.3) is 0 Å². The zero-order valence-corrected chi connectivity index (χ0v) is 12.2. The molecule has 1 aliphatic rings. The number of nitrogens with two attached hydrogens (primary N) is 1. The Labute approximate surface area is 111 Å². The van der Waals surface area contributed by atoms with E-state index >= 15 is 0 Å². The molecule has 2 nitrogen and oxygen atoms in total. The Hall–Kier alpha value is -0.290. The van der Waals surface area contributed by atoms with Crippen molar-refractivity contribution in [3.8, 4) is 5.75 Å². The van der Waals surface area contributed by atoms with E-state index < -0.39 is 0 Å². The molecular weight excluding hydrogens is 313 g/mol. The van der Waals surface area contributed by atoms with Crippen LogP contribution in [0.5, 0.6) is 5.75 Å². The van der Waals surface area contributed by atoms with E-state index in [2.05, 4.69) is 54.6 Å². The van der Waals surface area contributed by atoms with Crippen LogP contribution in [-0.4, -0.2) is 5.60 Å². The fourth-order valence-corrected chi connectivity index (χ4v) is 2.30. The van der Waals surface area contributed by atoms with E-state index in [-0.39, 0.29) is 9.15 Å². The maximum atomic E-state index is 6.09. The fraction of sp³-hybridized carbons (Fsp3) is 0.538. The van der Waals surface area contributed by atoms with Crippen LogP contribution in [0.4, 0.5) is 0 Å². The van der Waals surface area contributed by atoms with Crippen LogP contribution in [0.15, 0.2) is 18.2 Å². The maximum absolute atomic E-state index is 6.09. The van der Waals surface area contributed by atoms with Crippen molar-refractivity contribution >= 4 is 22.6 Å². The Kier molecular flexibility index (Phi) is 2.95. The first-order valence-electron chi connectivity index (χ1n) is 5.58. The van der Waals surface area contributed by atoms with Crippen LogP contribution in [0, 0.1) is 0 Å². The van der Waals surface area contributed by atoms with Crippen LogP contribution in [0.25, 0.3) is 0 Å². The van der Waals surface area contributed by atoms with Gasteiger partial charge in [0.15, 0.2) is 0 Å². The first-order chi connectivity index (χ1) is 7.28. The Morgan fingerprint density at radius 3 is 2.75 bits per heavy atom. The minimum atomic E-state index is -0.306. The van der Waals surface area contributed by atoms with Crippen molar-refractivity contribution in [3.63, 3.8) is 0 Å². The van der Waals surface area contributed by atoms with Crippen LogP contribution in [0.2, 0.25) is 0 Å². The van der Waals surface area contributed by atoms with Gasteiger partial charge in [-0.25, -0.2) is 0 Å². The molecule has 0 unspecified atom stereocenters. The van der Waals surface area contributed by atoms with Gasteiger partial charge in [-0.05, 0) is 56.9 Å². The lowest BCUT2D eigenvalue weighted by Crippen LogP contribution is -2.33. The monoisotopic (exact) mass is 331 g/mol. The Morgan fingerprint density at radius 1 is 1.44 bits per heavy atom. The number of fused-ring (bicyclic) bond motifs is 1. The minimum absolute atomic E-state index is 0.0368. The number of alkyl halides is 1. The number of ether oxygens (including phenoxy) is 1. The first-order valence-corrected chi connectivity index (χ1v) is 6.66. The van der Waals surface area contributed by atoms with Crippen molar-refractivity contribution in [2.45, 2.75) is 42.8 Å². The summed E-state index contributed by atoms with van der Waals surface area (Å²) in [6.45, 7) is 6.29. The summed E-state index contributed by atoms with van der Waals surface area (Å²) in [5, 5.41) is 0. The van der Waals surface area contributed by atoms with E-state index in [1.165, 1.54) is 5.56 Å². The molecule has 2 rings (SSSR count). The van der Waals surface area contributed by atoms with E-state index in [9.17, 15) is 0 Å². The normalized spacial score (nSPS) is 21.8. The summed E-state index contributed by atoms with van der Waals surface area (Å²) in [4.78, 5) is 0. The highest BCUT2D eigenvalue weighted by Crippen LogP contribution is 2.36. The zero-order chi connectivity index (χ0) is 12.0. The quantitative estimate of drug-likeness (QED) is 0.487. The van der Waals surface area contributed by atoms with Gasteiger partial charge in [0.05, 0.1) is 3.55 Å². The molecule has 0 spiro atoms. The molecule has 2 N–H and O–H groups in total. The van der Waals surface area contributed by atoms with Gasteiger partial charge in [-0.1, -0.05) is 28.7 Å². The van der Waals surface area contributed by atoms with Gasteiger partial charge in [-0.15, -0.1) is 0 Å². The van der Waals surface area contributed by atoms with Crippen molar-refractivity contribution < 1.29 is 4.74 Å². The summed E-state index contributed by atoms with van der Waals surface area (Å²) in [5.41, 5.74) is 8.50. The lowest BCUT2D eigenvalue weighted by atomic mass is 9.92. The van der Waals surface area contributed by atoms with E-state index in [0.29, 0.717) is 0 Å². The maximum Gasteiger partial charge on any atom is 0.123 e. The highest BCUT2D eigenvalue weighted by Gasteiger charge is 2.27. The molecule has 3 heteroatoms. The zero-order valence-electron chi connectivity index (χ0n) is 10.0. The molecule has 0 saturated heterocycles. The van der Waals surface area contributed by atoms with Crippen LogP contribution >= 0.6 is 22.6 Å². The minimum Gasteiger partial charge on any atom is -0.488 e. The van der Waals surface area contributed by atoms with Gasteiger partial charge in [-0.3, -0.25) is 0 Å². The van der Waals surface area contributed by atoms with Crippen molar-refractivity contribution in [3.05, 3.63) is 29.3 Å². The number of hydrogen-bond donors (Lipinski definition) is 1. The number of rotatable bonds is 1. The molecule has 1 aromatic rings. The molecule has 1 atom stereocenters. The van der Waals surface area contributed by atoms with E-state index in [1.807, 2.05) is 6.92 Å². The molecule has 0 bridgehead atoms. The third kappa shape index (κ3) is 2.51. The standard InChI is InChI=1S/C13H18INO/c1-12(2)7-6-9-8-10(13(3,14)15)4-5-11(9)16-12/h4-5,8H,6-7,15H2,1-3H3/t13-/m0/s1. The molecule has 0 radical (unpaired) electrons. The number of aryl methyl sites for hydroxylation is 1. The van der Waals surface area contributed by atoms with Crippen molar-refractivity contribution in [1.29, 1.82) is 0 Å². The summed E-state index contributed by atoms with van der Waals surface area (Å²) in [6, 6.07) is 6.29. The first kappa shape index (κ1) is 12.2. The van der Waals surface area contributed by atoms with Crippen molar-refractivity contribution in [2.75, 3.05) is 0 Å². The summed E-state index contributed by atoms with van der Waals surface area (Å²) in [5.74, 6) is 1.01. The van der Waals surface area contributed by atoms with Gasteiger partial charge in [-0.2, -0.15) is 0 Å². The van der Waals surface area contributed by atoms with Crippen molar-refractivity contribution in [1.82, 2.24) is 0 Å². The lowest BCUT2D eigenvalue weighted by molar-refractivity contribution is 0.0846. The molecular formula is C13H18INO. The van der Waals surface area contributed by atoms with E-state index in [1.54, 1.807) is 0 Å². The third-order valence-corrected chi connectivity index (χ3v) is 3.63. The van der Waals surface area contributed by atoms with Gasteiger partial charge in [0.1, 0.15) is 11.4 Å². The molecule has 0 saturated carbocycles. The van der Waals surface area contributed by atoms with E-state index in [0.717, 1.165) is 24.2 Å². The predicted molar refractivity (Wildman–Crippen MR) is 75.0 cm³/mol. The molecule has 1 aromatic carbocycles. The number of halogens is 1. The van der Waals surface area contributed by atoms with Crippen LogP contribution < -0.4 is 10.5 Å². The predicted octanol–water partition coefficient (Wildman–Crippen LogP) is 3.36. The van der Waals surface area contributed by atoms with Crippen LogP contribution in [0.3, 0.4) is 0 Å². The molecule has 1 aliphatic heterocycles. The van der Waals surface area contributed by atoms with Gasteiger partial charge in [0, 0.05) is 0 Å². The Bertz CT molecular complexity index is 407. The number of hydrogen-bond acceptors (Lipinski definition) is 2. The molecule has 1 heterocycles. The average molecular weight is 331 g/mol. The molecule has 0 aromatic heterocycles. The van der Waals surface area contributed by atoms with E-state index in [4.69, 9.17) is 10.5 Å². The Morgan fingerprint density at radius 2 is 2.12 bits per heavy atom. The molecule has 16 heavy (non-hydrogen) atoms. The number of benzene rings is 1. The summed E-state index contributed by atoms with van der Waals surface area (Å²) >= 11 is 2.26. The Balaban J connectivity index is 2.36. The lowest BCUT2D eigenvalue weighted by Gasteiger charge is -2.33. The average Bonchev–Trinajstić information content (AvgIpc) is 2.14. The highest BCUT2D eigenvalue weighted by atomic mass is 127. The second kappa shape index (κ2) is 3.88. The highest BCUT2D eigenvalue weighted by molar-refractivity contribution is 14.1. The molecule has 0 amide bonds. The van der Waals surface area contributed by atoms with Gasteiger partial charge >= 0.3 is 0 Å². The molecule has 0 fully saturated rings. The molecule has 0 aliphatic carbocycles. The molecule has 88 valence electrons. The van der Waals surface area contributed by atoms with Crippen LogP contribution in [-0.2, 0) is 9.97 Å². The van der Waals surface area contributed by atoms with Gasteiger partial charge in [0.2, 0.25) is 0 Å². The van der Waals surface area contributed by atoms with Crippen LogP contribution in [0.1, 0.15) is 38.3 Å². The third-order valence-electron chi connectivity index (χ3n) is 3.01. The second-order valence-corrected chi connectivity index (χ2v) is 7.50. The largest absolute Gasteiger partial charge is 0.488 e. The topological polar surface area (TPSA) is 35.2 Å². The smallest absolute Gasteiger partial charge is 0.123 e. The SMILES string of the molecule is CC1(C)CCc2cc([C@](C)(N)I)ccc2O1. The summed E-state index contributed by atoms with van der Waals surface area (Å²) < 4.78 is 5.64. The summed E-state index contributed by atoms with van der Waals surface area (Å²) in [7, 11) is 0. The second-order valence-electron chi connectivity index (χ2n) is 5.26. The summed E-state index contributed by atoms with van der Waals surface area (Å²) in [6.07, 6.45) is 2.13. The fourth-order valence-electron chi connectivity index (χ4n) is 1.96. The van der Waals surface area contributed by atoms with Gasteiger partial charge < -0.3 is 10.5 Å².